The minimum Gasteiger partial charge on any atom is -0.319 e. The fourth-order valence-corrected chi connectivity index (χ4v) is 1.12. The first-order valence-corrected chi connectivity index (χ1v) is 3.76. The van der Waals surface area contributed by atoms with E-state index in [-0.39, 0.29) is 5.91 Å². The molecule has 60 valence electrons. The monoisotopic (exact) mass is 153 g/mol. The maximum Gasteiger partial charge on any atom is 0.226 e. The molecule has 0 aliphatic carbocycles. The van der Waals surface area contributed by atoms with Crippen LogP contribution in [0.5, 0.6) is 0 Å². The Kier molecular flexibility index (Phi) is 2.83. The van der Waals surface area contributed by atoms with Crippen LogP contribution < -0.4 is 0 Å². The van der Waals surface area contributed by atoms with Crippen molar-refractivity contribution in [3.8, 4) is 0 Å². The van der Waals surface area contributed by atoms with Crippen molar-refractivity contribution in [3.63, 3.8) is 0 Å². The van der Waals surface area contributed by atoms with Crippen LogP contribution in [0.15, 0.2) is 12.3 Å². The molecule has 1 saturated heterocycles. The van der Waals surface area contributed by atoms with E-state index < -0.39 is 0 Å². The Morgan fingerprint density at radius 1 is 1.36 bits per heavy atom. The summed E-state index contributed by atoms with van der Waals surface area (Å²) in [6.45, 7) is 0.753. The maximum atomic E-state index is 11.1. The van der Waals surface area contributed by atoms with Gasteiger partial charge in [0.1, 0.15) is 6.29 Å². The first-order chi connectivity index (χ1) is 5.34. The Morgan fingerprint density at radius 3 is 2.82 bits per heavy atom. The summed E-state index contributed by atoms with van der Waals surface area (Å²) in [4.78, 5) is 22.6. The van der Waals surface area contributed by atoms with E-state index in [1.807, 2.05) is 0 Å². The number of allylic oxidation sites excluding steroid dienone is 1. The van der Waals surface area contributed by atoms with E-state index in [0.29, 0.717) is 12.7 Å². The second-order valence-electron chi connectivity index (χ2n) is 2.52. The molecule has 0 aromatic heterocycles. The van der Waals surface area contributed by atoms with E-state index >= 15 is 0 Å². The topological polar surface area (TPSA) is 37.4 Å². The second kappa shape index (κ2) is 3.91. The summed E-state index contributed by atoms with van der Waals surface area (Å²) in [6, 6.07) is 0. The van der Waals surface area contributed by atoms with Gasteiger partial charge in [-0.2, -0.15) is 0 Å². The fourth-order valence-electron chi connectivity index (χ4n) is 1.12. The molecule has 11 heavy (non-hydrogen) atoms. The number of carbonyl (C=O) groups is 2. The van der Waals surface area contributed by atoms with Gasteiger partial charge in [0, 0.05) is 19.2 Å². The number of carbonyl (C=O) groups excluding carboxylic acids is 2. The van der Waals surface area contributed by atoms with E-state index in [0.717, 1.165) is 19.4 Å². The molecule has 0 N–H and O–H groups in total. The summed E-state index contributed by atoms with van der Waals surface area (Å²) in [5.74, 6) is 0.120. The minimum atomic E-state index is 0.120. The van der Waals surface area contributed by atoms with Gasteiger partial charge in [-0.1, -0.05) is 0 Å². The molecule has 0 saturated carbocycles. The number of likely N-dealkylation sites (tertiary alicyclic amines) is 1. The first kappa shape index (κ1) is 7.98. The Hall–Kier alpha value is -1.12. The Bertz CT molecular complexity index is 187. The quantitative estimate of drug-likeness (QED) is 0.433. The predicted octanol–water partition coefficient (Wildman–Crippen LogP) is 0.712. The van der Waals surface area contributed by atoms with E-state index in [1.54, 1.807) is 11.1 Å². The van der Waals surface area contributed by atoms with Crippen molar-refractivity contribution in [2.24, 2.45) is 0 Å². The van der Waals surface area contributed by atoms with Crippen molar-refractivity contribution in [1.29, 1.82) is 0 Å². The van der Waals surface area contributed by atoms with Crippen LogP contribution in [0, 0.1) is 0 Å². The number of piperidine rings is 1. The lowest BCUT2D eigenvalue weighted by Gasteiger charge is -2.22. The Balaban J connectivity index is 2.47. The first-order valence-electron chi connectivity index (χ1n) is 3.76. The van der Waals surface area contributed by atoms with Gasteiger partial charge in [-0.25, -0.2) is 0 Å². The van der Waals surface area contributed by atoms with E-state index in [4.69, 9.17) is 0 Å². The summed E-state index contributed by atoms with van der Waals surface area (Å²) in [6.07, 6.45) is 6.21. The van der Waals surface area contributed by atoms with Gasteiger partial charge in [-0.05, 0) is 18.9 Å². The highest BCUT2D eigenvalue weighted by atomic mass is 16.2. The molecule has 0 spiro atoms. The second-order valence-corrected chi connectivity index (χ2v) is 2.52. The van der Waals surface area contributed by atoms with E-state index in [9.17, 15) is 9.59 Å². The zero-order chi connectivity index (χ0) is 8.10. The minimum absolute atomic E-state index is 0.120. The smallest absolute Gasteiger partial charge is 0.226 e. The van der Waals surface area contributed by atoms with Crippen molar-refractivity contribution in [2.45, 2.75) is 19.3 Å². The molecule has 0 bridgehead atoms. The molecule has 3 nitrogen and oxygen atoms in total. The Labute approximate surface area is 65.7 Å². The summed E-state index contributed by atoms with van der Waals surface area (Å²) in [5, 5.41) is 0. The molecule has 0 radical (unpaired) electrons. The van der Waals surface area contributed by atoms with Crippen molar-refractivity contribution in [1.82, 2.24) is 4.90 Å². The number of hydrogen-bond acceptors (Lipinski definition) is 2. The largest absolute Gasteiger partial charge is 0.319 e. The lowest BCUT2D eigenvalue weighted by atomic mass is 10.1. The Morgan fingerprint density at radius 2 is 2.18 bits per heavy atom. The van der Waals surface area contributed by atoms with Gasteiger partial charge >= 0.3 is 0 Å². The zero-order valence-corrected chi connectivity index (χ0v) is 6.32. The van der Waals surface area contributed by atoms with Crippen molar-refractivity contribution in [2.75, 3.05) is 6.54 Å². The third-order valence-corrected chi connectivity index (χ3v) is 1.70. The number of nitrogens with zero attached hydrogens (tertiary/aromatic N) is 1. The van der Waals surface area contributed by atoms with Crippen LogP contribution in [0.1, 0.15) is 19.3 Å². The predicted molar refractivity (Wildman–Crippen MR) is 40.8 cm³/mol. The third-order valence-electron chi connectivity index (χ3n) is 1.70. The molecule has 0 aromatic carbocycles. The normalized spacial score (nSPS) is 19.3. The summed E-state index contributed by atoms with van der Waals surface area (Å²) < 4.78 is 0. The van der Waals surface area contributed by atoms with Crippen molar-refractivity contribution < 1.29 is 9.59 Å². The molecular formula is C8H11NO2. The van der Waals surface area contributed by atoms with Gasteiger partial charge in [0.2, 0.25) is 5.91 Å². The number of hydrogen-bond donors (Lipinski definition) is 0. The van der Waals surface area contributed by atoms with Crippen LogP contribution in [0.3, 0.4) is 0 Å². The van der Waals surface area contributed by atoms with Crippen LogP contribution in [0.2, 0.25) is 0 Å². The molecule has 1 fully saturated rings. The fraction of sp³-hybridized carbons (Fsp3) is 0.500. The molecule has 1 aliphatic rings. The van der Waals surface area contributed by atoms with Gasteiger partial charge in [0.15, 0.2) is 0 Å². The zero-order valence-electron chi connectivity index (χ0n) is 6.32. The lowest BCUT2D eigenvalue weighted by molar-refractivity contribution is -0.130. The molecule has 3 heteroatoms. The van der Waals surface area contributed by atoms with Gasteiger partial charge in [0.25, 0.3) is 0 Å². The molecule has 1 heterocycles. The van der Waals surface area contributed by atoms with Gasteiger partial charge in [-0.3, -0.25) is 9.59 Å². The number of rotatable bonds is 2. The lowest BCUT2D eigenvalue weighted by Crippen LogP contribution is -2.30. The number of amides is 1. The average molecular weight is 153 g/mol. The third kappa shape index (κ3) is 2.18. The molecule has 0 unspecified atom stereocenters. The average Bonchev–Trinajstić information content (AvgIpc) is 2.03. The van der Waals surface area contributed by atoms with Crippen molar-refractivity contribution in [3.05, 3.63) is 12.3 Å². The van der Waals surface area contributed by atoms with E-state index in [1.165, 1.54) is 6.08 Å². The van der Waals surface area contributed by atoms with Crippen LogP contribution in [0.25, 0.3) is 0 Å². The van der Waals surface area contributed by atoms with E-state index in [2.05, 4.69) is 0 Å². The highest BCUT2D eigenvalue weighted by Crippen LogP contribution is 2.09. The molecular weight excluding hydrogens is 142 g/mol. The molecule has 0 atom stereocenters. The maximum absolute atomic E-state index is 11.1. The standard InChI is InChI=1S/C8H11NO2/c10-7-3-6-9-5-2-1-4-8(9)11/h3,6-7H,1-2,4-5H2. The summed E-state index contributed by atoms with van der Waals surface area (Å²) >= 11 is 0. The van der Waals surface area contributed by atoms with Crippen LogP contribution in [0.4, 0.5) is 0 Å². The number of aldehydes is 1. The highest BCUT2D eigenvalue weighted by Gasteiger charge is 2.14. The van der Waals surface area contributed by atoms with Crippen LogP contribution in [-0.4, -0.2) is 23.6 Å². The van der Waals surface area contributed by atoms with Crippen LogP contribution >= 0.6 is 0 Å². The summed E-state index contributed by atoms with van der Waals surface area (Å²) in [5.41, 5.74) is 0. The highest BCUT2D eigenvalue weighted by molar-refractivity contribution is 5.78. The van der Waals surface area contributed by atoms with Gasteiger partial charge in [-0.15, -0.1) is 0 Å². The van der Waals surface area contributed by atoms with Gasteiger partial charge in [0.05, 0.1) is 0 Å². The molecule has 1 rings (SSSR count). The van der Waals surface area contributed by atoms with Crippen molar-refractivity contribution >= 4 is 12.2 Å². The molecule has 0 aromatic rings. The SMILES string of the molecule is O=CC=CN1CCCCC1=O. The summed E-state index contributed by atoms with van der Waals surface area (Å²) in [7, 11) is 0. The van der Waals surface area contributed by atoms with Crippen LogP contribution in [-0.2, 0) is 9.59 Å². The molecule has 1 amide bonds. The van der Waals surface area contributed by atoms with Gasteiger partial charge < -0.3 is 4.90 Å². The molecule has 1 aliphatic heterocycles.